The number of fused-ring (bicyclic) bond motifs is 1. The third-order valence-corrected chi connectivity index (χ3v) is 2.66. The van der Waals surface area contributed by atoms with Crippen LogP contribution >= 0.6 is 0 Å². The first kappa shape index (κ1) is 13.3. The van der Waals surface area contributed by atoms with E-state index < -0.39 is 0 Å². The molecular weight excluding hydrogens is 248 g/mol. The standard InChI is InChI=1S/C12H16N4O3/c1-19-6-8(5-17)14-12-15-10-3-2-7(13)4-9(10)11(18)16-12/h2-4,8,17H,5-6,13H2,1H3,(H2,14,15,16,18). The van der Waals surface area contributed by atoms with Crippen molar-refractivity contribution < 1.29 is 9.84 Å². The summed E-state index contributed by atoms with van der Waals surface area (Å²) < 4.78 is 4.94. The summed E-state index contributed by atoms with van der Waals surface area (Å²) in [6.45, 7) is 0.178. The van der Waals surface area contributed by atoms with E-state index in [0.717, 1.165) is 0 Å². The van der Waals surface area contributed by atoms with Gasteiger partial charge in [-0.15, -0.1) is 0 Å². The SMILES string of the molecule is COCC(CO)Nc1nc2ccc(N)cc2c(=O)[nH]1. The molecule has 1 unspecified atom stereocenters. The second-order valence-electron chi connectivity index (χ2n) is 4.17. The van der Waals surface area contributed by atoms with Gasteiger partial charge in [-0.1, -0.05) is 0 Å². The number of nitrogens with one attached hydrogen (secondary N) is 2. The van der Waals surface area contributed by atoms with Crippen molar-refractivity contribution in [2.45, 2.75) is 6.04 Å². The molecule has 1 atom stereocenters. The highest BCUT2D eigenvalue weighted by molar-refractivity contribution is 5.81. The molecule has 0 fully saturated rings. The number of rotatable bonds is 5. The molecule has 0 aliphatic rings. The van der Waals surface area contributed by atoms with Crippen LogP contribution in [0.4, 0.5) is 11.6 Å². The Morgan fingerprint density at radius 1 is 1.58 bits per heavy atom. The molecule has 7 nitrogen and oxygen atoms in total. The Morgan fingerprint density at radius 2 is 2.37 bits per heavy atom. The van der Waals surface area contributed by atoms with E-state index in [4.69, 9.17) is 15.6 Å². The first-order valence-electron chi connectivity index (χ1n) is 5.80. The van der Waals surface area contributed by atoms with Crippen molar-refractivity contribution >= 4 is 22.5 Å². The molecule has 5 N–H and O–H groups in total. The number of hydrogen-bond acceptors (Lipinski definition) is 6. The van der Waals surface area contributed by atoms with Crippen molar-refractivity contribution in [1.29, 1.82) is 0 Å². The number of nitrogens with two attached hydrogens (primary N) is 1. The Morgan fingerprint density at radius 3 is 3.05 bits per heavy atom. The zero-order chi connectivity index (χ0) is 13.8. The van der Waals surface area contributed by atoms with Crippen LogP contribution in [0.15, 0.2) is 23.0 Å². The average molecular weight is 264 g/mol. The molecule has 0 aliphatic carbocycles. The predicted octanol–water partition coefficient (Wildman–Crippen LogP) is -0.0755. The number of H-pyrrole nitrogens is 1. The van der Waals surface area contributed by atoms with Gasteiger partial charge in [-0.05, 0) is 18.2 Å². The Bertz CT molecular complexity index is 626. The topological polar surface area (TPSA) is 113 Å². The fourth-order valence-corrected chi connectivity index (χ4v) is 1.76. The highest BCUT2D eigenvalue weighted by Gasteiger charge is 2.10. The van der Waals surface area contributed by atoms with Crippen molar-refractivity contribution in [3.8, 4) is 0 Å². The van der Waals surface area contributed by atoms with Gasteiger partial charge in [0.2, 0.25) is 5.95 Å². The van der Waals surface area contributed by atoms with Crippen molar-refractivity contribution in [2.75, 3.05) is 31.4 Å². The smallest absolute Gasteiger partial charge is 0.260 e. The lowest BCUT2D eigenvalue weighted by molar-refractivity contribution is 0.153. The van der Waals surface area contributed by atoms with Crippen LogP contribution < -0.4 is 16.6 Å². The largest absolute Gasteiger partial charge is 0.399 e. The number of benzene rings is 1. The highest BCUT2D eigenvalue weighted by atomic mass is 16.5. The van der Waals surface area contributed by atoms with E-state index >= 15 is 0 Å². The molecule has 1 heterocycles. The van der Waals surface area contributed by atoms with Crippen LogP contribution in [0.3, 0.4) is 0 Å². The van der Waals surface area contributed by atoms with Gasteiger partial charge in [-0.3, -0.25) is 9.78 Å². The maximum Gasteiger partial charge on any atom is 0.260 e. The number of aromatic amines is 1. The molecule has 1 aromatic carbocycles. The van der Waals surface area contributed by atoms with Crippen LogP contribution in [0.1, 0.15) is 0 Å². The molecule has 1 aromatic heterocycles. The molecule has 0 aliphatic heterocycles. The summed E-state index contributed by atoms with van der Waals surface area (Å²) in [5, 5.41) is 12.5. The van der Waals surface area contributed by atoms with Gasteiger partial charge in [0, 0.05) is 12.8 Å². The summed E-state index contributed by atoms with van der Waals surface area (Å²) in [6, 6.07) is 4.59. The number of aliphatic hydroxyl groups is 1. The van der Waals surface area contributed by atoms with Crippen molar-refractivity contribution in [3.05, 3.63) is 28.6 Å². The summed E-state index contributed by atoms with van der Waals surface area (Å²) in [7, 11) is 1.53. The highest BCUT2D eigenvalue weighted by Crippen LogP contribution is 2.13. The molecule has 0 amide bonds. The first-order chi connectivity index (χ1) is 9.13. The molecule has 0 spiro atoms. The third-order valence-electron chi connectivity index (χ3n) is 2.66. The van der Waals surface area contributed by atoms with Gasteiger partial charge in [-0.2, -0.15) is 0 Å². The lowest BCUT2D eigenvalue weighted by Crippen LogP contribution is -2.30. The lowest BCUT2D eigenvalue weighted by Gasteiger charge is -2.15. The van der Waals surface area contributed by atoms with Crippen LogP contribution in [0.25, 0.3) is 10.9 Å². The summed E-state index contributed by atoms with van der Waals surface area (Å²) in [5.41, 5.74) is 6.39. The predicted molar refractivity (Wildman–Crippen MR) is 73.1 cm³/mol. The number of hydrogen-bond donors (Lipinski definition) is 4. The fourth-order valence-electron chi connectivity index (χ4n) is 1.76. The van der Waals surface area contributed by atoms with E-state index in [1.54, 1.807) is 18.2 Å². The van der Waals surface area contributed by atoms with E-state index in [1.165, 1.54) is 7.11 Å². The molecule has 2 rings (SSSR count). The monoisotopic (exact) mass is 264 g/mol. The Balaban J connectivity index is 2.35. The molecule has 0 bridgehead atoms. The van der Waals surface area contributed by atoms with Gasteiger partial charge in [0.05, 0.1) is 30.2 Å². The van der Waals surface area contributed by atoms with E-state index in [-0.39, 0.29) is 18.2 Å². The Hall–Kier alpha value is -2.12. The van der Waals surface area contributed by atoms with Crippen molar-refractivity contribution in [2.24, 2.45) is 0 Å². The summed E-state index contributed by atoms with van der Waals surface area (Å²) in [5.74, 6) is 0.290. The zero-order valence-corrected chi connectivity index (χ0v) is 10.5. The van der Waals surface area contributed by atoms with E-state index in [1.807, 2.05) is 0 Å². The summed E-state index contributed by atoms with van der Waals surface area (Å²) >= 11 is 0. The minimum atomic E-state index is -0.334. The number of anilines is 2. The van der Waals surface area contributed by atoms with Crippen LogP contribution in [0.2, 0.25) is 0 Å². The zero-order valence-electron chi connectivity index (χ0n) is 10.5. The van der Waals surface area contributed by atoms with E-state index in [9.17, 15) is 4.79 Å². The number of ether oxygens (including phenoxy) is 1. The quantitative estimate of drug-likeness (QED) is 0.562. The van der Waals surface area contributed by atoms with Crippen LogP contribution in [0, 0.1) is 0 Å². The van der Waals surface area contributed by atoms with Gasteiger partial charge >= 0.3 is 0 Å². The number of nitrogens with zero attached hydrogens (tertiary/aromatic N) is 1. The van der Waals surface area contributed by atoms with Gasteiger partial charge in [0.25, 0.3) is 5.56 Å². The van der Waals surface area contributed by atoms with Gasteiger partial charge < -0.3 is 20.9 Å². The number of nitrogen functional groups attached to an aromatic ring is 1. The summed E-state index contributed by atoms with van der Waals surface area (Å²) in [6.07, 6.45) is 0. The summed E-state index contributed by atoms with van der Waals surface area (Å²) in [4.78, 5) is 18.8. The third kappa shape index (κ3) is 3.01. The molecule has 0 saturated heterocycles. The number of methoxy groups -OCH3 is 1. The fraction of sp³-hybridized carbons (Fsp3) is 0.333. The van der Waals surface area contributed by atoms with Gasteiger partial charge in [0.15, 0.2) is 0 Å². The maximum absolute atomic E-state index is 11.9. The Labute approximate surface area is 109 Å². The van der Waals surface area contributed by atoms with Crippen LogP contribution in [-0.2, 0) is 4.74 Å². The van der Waals surface area contributed by atoms with E-state index in [0.29, 0.717) is 29.1 Å². The molecular formula is C12H16N4O3. The first-order valence-corrected chi connectivity index (χ1v) is 5.80. The number of aliphatic hydroxyl groups excluding tert-OH is 1. The Kier molecular flexibility index (Phi) is 3.98. The molecule has 19 heavy (non-hydrogen) atoms. The minimum Gasteiger partial charge on any atom is -0.399 e. The van der Waals surface area contributed by atoms with Crippen molar-refractivity contribution in [1.82, 2.24) is 9.97 Å². The maximum atomic E-state index is 11.9. The van der Waals surface area contributed by atoms with Gasteiger partial charge in [0.1, 0.15) is 0 Å². The molecule has 0 saturated carbocycles. The minimum absolute atomic E-state index is 0.128. The molecule has 7 heteroatoms. The average Bonchev–Trinajstić information content (AvgIpc) is 2.39. The normalized spacial score (nSPS) is 12.5. The van der Waals surface area contributed by atoms with Gasteiger partial charge in [-0.25, -0.2) is 4.98 Å². The van der Waals surface area contributed by atoms with Crippen LogP contribution in [-0.4, -0.2) is 41.4 Å². The molecule has 0 radical (unpaired) electrons. The molecule has 2 aromatic rings. The second kappa shape index (κ2) is 5.68. The number of aromatic nitrogens is 2. The second-order valence-corrected chi connectivity index (χ2v) is 4.17. The van der Waals surface area contributed by atoms with Crippen LogP contribution in [0.5, 0.6) is 0 Å². The lowest BCUT2D eigenvalue weighted by atomic mass is 10.2. The van der Waals surface area contributed by atoms with Crippen molar-refractivity contribution in [3.63, 3.8) is 0 Å². The molecule has 102 valence electrons. The van der Waals surface area contributed by atoms with E-state index in [2.05, 4.69) is 15.3 Å².